The molecule has 0 aliphatic heterocycles. The van der Waals surface area contributed by atoms with Crippen molar-refractivity contribution in [3.8, 4) is 0 Å². The van der Waals surface area contributed by atoms with Crippen molar-refractivity contribution in [3.05, 3.63) is 0 Å². The fraction of sp³-hybridized carbons (Fsp3) is 1.00. The van der Waals surface area contributed by atoms with Crippen molar-refractivity contribution in [2.45, 2.75) is 32.6 Å². The Kier molecular flexibility index (Phi) is 3.77. The Bertz CT molecular complexity index is 257. The number of alkyl halides is 1. The van der Waals surface area contributed by atoms with E-state index in [0.717, 1.165) is 12.8 Å². The molecule has 0 saturated heterocycles. The first-order chi connectivity index (χ1) is 5.97. The average Bonchev–Trinajstić information content (AvgIpc) is 2.50. The summed E-state index contributed by atoms with van der Waals surface area (Å²) in [5.41, 5.74) is 0.190. The molecule has 5 heteroatoms. The Morgan fingerprint density at radius 1 is 1.38 bits per heavy atom. The molecule has 0 unspecified atom stereocenters. The molecule has 1 fully saturated rings. The Morgan fingerprint density at radius 2 is 1.92 bits per heavy atom. The molecule has 1 saturated carbocycles. The Balaban J connectivity index is 2.42. The van der Waals surface area contributed by atoms with Gasteiger partial charge in [-0.05, 0) is 18.3 Å². The lowest BCUT2D eigenvalue weighted by atomic mass is 9.89. The molecule has 1 N–H and O–H groups in total. The third-order valence-corrected chi connectivity index (χ3v) is 5.35. The van der Waals surface area contributed by atoms with Crippen LogP contribution < -0.4 is 4.72 Å². The van der Waals surface area contributed by atoms with Gasteiger partial charge in [-0.3, -0.25) is 0 Å². The highest BCUT2D eigenvalue weighted by Gasteiger charge is 2.29. The normalized spacial score (nSPS) is 22.0. The maximum Gasteiger partial charge on any atom is 0.221 e. The molecule has 0 atom stereocenters. The lowest BCUT2D eigenvalue weighted by Gasteiger charge is -2.23. The molecule has 0 bridgehead atoms. The van der Waals surface area contributed by atoms with Gasteiger partial charge in [-0.1, -0.05) is 35.7 Å². The second-order valence-electron chi connectivity index (χ2n) is 4.06. The van der Waals surface area contributed by atoms with Gasteiger partial charge in [-0.15, -0.1) is 0 Å². The molecule has 0 heterocycles. The van der Waals surface area contributed by atoms with Gasteiger partial charge in [-0.2, -0.15) is 0 Å². The molecule has 13 heavy (non-hydrogen) atoms. The quantitative estimate of drug-likeness (QED) is 0.792. The second-order valence-corrected chi connectivity index (χ2v) is 7.17. The van der Waals surface area contributed by atoms with Crippen molar-refractivity contribution >= 4 is 26.0 Å². The van der Waals surface area contributed by atoms with Crippen molar-refractivity contribution < 1.29 is 8.42 Å². The van der Waals surface area contributed by atoms with Gasteiger partial charge < -0.3 is 0 Å². The van der Waals surface area contributed by atoms with E-state index in [-0.39, 0.29) is 10.1 Å². The zero-order valence-corrected chi connectivity index (χ0v) is 10.2. The van der Waals surface area contributed by atoms with Crippen molar-refractivity contribution in [2.75, 3.05) is 11.2 Å². The topological polar surface area (TPSA) is 46.2 Å². The number of sulfonamides is 1. The molecule has 0 spiro atoms. The molecule has 0 aromatic rings. The summed E-state index contributed by atoms with van der Waals surface area (Å²) >= 11 is 2.95. The largest absolute Gasteiger partial charge is 0.221 e. The predicted molar refractivity (Wildman–Crippen MR) is 57.3 cm³/mol. The van der Waals surface area contributed by atoms with Crippen molar-refractivity contribution in [1.82, 2.24) is 4.72 Å². The lowest BCUT2D eigenvalue weighted by Crippen LogP contribution is -2.34. The van der Waals surface area contributed by atoms with Crippen LogP contribution in [0, 0.1) is 5.41 Å². The van der Waals surface area contributed by atoms with Crippen molar-refractivity contribution in [2.24, 2.45) is 5.41 Å². The van der Waals surface area contributed by atoms with Crippen molar-refractivity contribution in [1.29, 1.82) is 0 Å². The van der Waals surface area contributed by atoms with Crippen LogP contribution in [0.5, 0.6) is 0 Å². The van der Waals surface area contributed by atoms with Crippen LogP contribution in [-0.2, 0) is 10.0 Å². The van der Waals surface area contributed by atoms with E-state index in [1.807, 2.05) is 0 Å². The maximum absolute atomic E-state index is 11.1. The van der Waals surface area contributed by atoms with Crippen LogP contribution >= 0.6 is 15.9 Å². The van der Waals surface area contributed by atoms with E-state index in [1.54, 1.807) is 0 Å². The summed E-state index contributed by atoms with van der Waals surface area (Å²) in [6.07, 6.45) is 4.73. The molecule has 0 aromatic carbocycles. The molecule has 78 valence electrons. The lowest BCUT2D eigenvalue weighted by molar-refractivity contribution is 0.336. The van der Waals surface area contributed by atoms with Crippen LogP contribution in [-0.4, -0.2) is 19.6 Å². The van der Waals surface area contributed by atoms with Gasteiger partial charge in [0.1, 0.15) is 4.66 Å². The predicted octanol–water partition coefficient (Wildman–Crippen LogP) is 1.84. The van der Waals surface area contributed by atoms with Crippen LogP contribution in [0.4, 0.5) is 0 Å². The molecule has 0 aromatic heterocycles. The van der Waals surface area contributed by atoms with Gasteiger partial charge in [0.2, 0.25) is 10.0 Å². The van der Waals surface area contributed by atoms with Crippen LogP contribution in [0.3, 0.4) is 0 Å². The van der Waals surface area contributed by atoms with Crippen LogP contribution in [0.25, 0.3) is 0 Å². The summed E-state index contributed by atoms with van der Waals surface area (Å²) in [6.45, 7) is 2.73. The molecule has 0 amide bonds. The summed E-state index contributed by atoms with van der Waals surface area (Å²) in [4.78, 5) is 0. The number of rotatable bonds is 4. The minimum atomic E-state index is -3.08. The van der Waals surface area contributed by atoms with Crippen molar-refractivity contribution in [3.63, 3.8) is 0 Å². The summed E-state index contributed by atoms with van der Waals surface area (Å²) in [5, 5.41) is 0. The molecular formula is C8H16BrNO2S. The monoisotopic (exact) mass is 269 g/mol. The maximum atomic E-state index is 11.1. The molecule has 1 aliphatic rings. The minimum absolute atomic E-state index is 0.00389. The first kappa shape index (κ1) is 11.5. The van der Waals surface area contributed by atoms with Gasteiger partial charge in [0.15, 0.2) is 0 Å². The first-order valence-electron chi connectivity index (χ1n) is 4.51. The summed E-state index contributed by atoms with van der Waals surface area (Å²) in [6, 6.07) is 0. The highest BCUT2D eigenvalue weighted by atomic mass is 79.9. The van der Waals surface area contributed by atoms with Gasteiger partial charge in [0, 0.05) is 6.54 Å². The average molecular weight is 270 g/mol. The Labute approximate surface area is 88.5 Å². The van der Waals surface area contributed by atoms with Crippen LogP contribution in [0.2, 0.25) is 0 Å². The zero-order chi connectivity index (χ0) is 9.95. The minimum Gasteiger partial charge on any atom is -0.214 e. The number of hydrogen-bond donors (Lipinski definition) is 1. The summed E-state index contributed by atoms with van der Waals surface area (Å²) in [5.74, 6) is 0. The second kappa shape index (κ2) is 4.28. The standard InChI is InChI=1S/C8H16BrNO2S/c1-8(4-2-3-5-8)6-10-13(11,12)7-9/h10H,2-7H2,1H3. The summed E-state index contributed by atoms with van der Waals surface area (Å²) < 4.78 is 24.9. The molecule has 1 rings (SSSR count). The smallest absolute Gasteiger partial charge is 0.214 e. The zero-order valence-electron chi connectivity index (χ0n) is 7.85. The first-order valence-corrected chi connectivity index (χ1v) is 7.28. The van der Waals surface area contributed by atoms with E-state index in [1.165, 1.54) is 12.8 Å². The molecule has 0 radical (unpaired) electrons. The van der Waals surface area contributed by atoms with Gasteiger partial charge in [0.05, 0.1) is 0 Å². The van der Waals surface area contributed by atoms with E-state index < -0.39 is 10.0 Å². The summed E-state index contributed by atoms with van der Waals surface area (Å²) in [7, 11) is -3.08. The molecular weight excluding hydrogens is 254 g/mol. The van der Waals surface area contributed by atoms with E-state index in [0.29, 0.717) is 6.54 Å². The Hall–Kier alpha value is 0.390. The van der Waals surface area contributed by atoms with Gasteiger partial charge in [0.25, 0.3) is 0 Å². The van der Waals surface area contributed by atoms with E-state index >= 15 is 0 Å². The van der Waals surface area contributed by atoms with E-state index in [4.69, 9.17) is 0 Å². The van der Waals surface area contributed by atoms with E-state index in [9.17, 15) is 8.42 Å². The number of hydrogen-bond acceptors (Lipinski definition) is 2. The Morgan fingerprint density at radius 3 is 2.38 bits per heavy atom. The van der Waals surface area contributed by atoms with E-state index in [2.05, 4.69) is 27.6 Å². The number of nitrogens with one attached hydrogen (secondary N) is 1. The SMILES string of the molecule is CC1(CNS(=O)(=O)CBr)CCCC1. The van der Waals surface area contributed by atoms with Gasteiger partial charge in [-0.25, -0.2) is 13.1 Å². The van der Waals surface area contributed by atoms with Gasteiger partial charge >= 0.3 is 0 Å². The highest BCUT2D eigenvalue weighted by molar-refractivity contribution is 9.10. The molecule has 1 aliphatic carbocycles. The molecule has 3 nitrogen and oxygen atoms in total. The fourth-order valence-corrected chi connectivity index (χ4v) is 2.86. The highest BCUT2D eigenvalue weighted by Crippen LogP contribution is 2.36. The van der Waals surface area contributed by atoms with Crippen LogP contribution in [0.1, 0.15) is 32.6 Å². The fourth-order valence-electron chi connectivity index (χ4n) is 1.73. The number of halogens is 1. The third kappa shape index (κ3) is 3.56. The van der Waals surface area contributed by atoms with Crippen LogP contribution in [0.15, 0.2) is 0 Å². The third-order valence-electron chi connectivity index (χ3n) is 2.67.